The Morgan fingerprint density at radius 1 is 1.28 bits per heavy atom. The number of nitrogens with zero attached hydrogens (tertiary/aromatic N) is 2. The average molecular weight is 387 g/mol. The fourth-order valence-electron chi connectivity index (χ4n) is 3.65. The third-order valence-corrected chi connectivity index (χ3v) is 8.26. The third kappa shape index (κ3) is 4.24. The molecular formula is C17H26N2O4S2. The van der Waals surface area contributed by atoms with Crippen molar-refractivity contribution in [3.8, 4) is 0 Å². The SMILES string of the molecule is CCOC1CCCN(C(=O)C2CCN(S(=O)(=O)c3cccs3)CC2)C1. The van der Waals surface area contributed by atoms with Crippen molar-refractivity contribution < 1.29 is 17.9 Å². The summed E-state index contributed by atoms with van der Waals surface area (Å²) in [5.74, 6) is 0.0905. The van der Waals surface area contributed by atoms with Gasteiger partial charge in [-0.1, -0.05) is 6.07 Å². The summed E-state index contributed by atoms with van der Waals surface area (Å²) in [4.78, 5) is 14.7. The van der Waals surface area contributed by atoms with Crippen LogP contribution in [-0.2, 0) is 19.6 Å². The molecule has 2 aliphatic heterocycles. The molecule has 1 aromatic rings. The van der Waals surface area contributed by atoms with E-state index in [0.717, 1.165) is 19.4 Å². The molecule has 2 saturated heterocycles. The minimum absolute atomic E-state index is 0.0739. The lowest BCUT2D eigenvalue weighted by Gasteiger charge is -2.37. The predicted octanol–water partition coefficient (Wildman–Crippen LogP) is 2.18. The van der Waals surface area contributed by atoms with Crippen LogP contribution in [0.25, 0.3) is 0 Å². The molecule has 3 rings (SSSR count). The molecule has 2 fully saturated rings. The number of hydrogen-bond donors (Lipinski definition) is 0. The maximum Gasteiger partial charge on any atom is 0.252 e. The Labute approximate surface area is 153 Å². The van der Waals surface area contributed by atoms with Crippen LogP contribution >= 0.6 is 11.3 Å². The van der Waals surface area contributed by atoms with Crippen molar-refractivity contribution in [1.82, 2.24) is 9.21 Å². The van der Waals surface area contributed by atoms with Gasteiger partial charge < -0.3 is 9.64 Å². The summed E-state index contributed by atoms with van der Waals surface area (Å²) in [6.07, 6.45) is 3.32. The average Bonchev–Trinajstić information content (AvgIpc) is 3.17. The molecule has 0 bridgehead atoms. The molecule has 140 valence electrons. The molecule has 3 heterocycles. The number of piperidine rings is 2. The van der Waals surface area contributed by atoms with Gasteiger partial charge in [0.05, 0.1) is 6.10 Å². The quantitative estimate of drug-likeness (QED) is 0.778. The van der Waals surface area contributed by atoms with Crippen molar-refractivity contribution in [2.24, 2.45) is 5.92 Å². The van der Waals surface area contributed by atoms with E-state index in [1.807, 2.05) is 11.8 Å². The highest BCUT2D eigenvalue weighted by atomic mass is 32.2. The van der Waals surface area contributed by atoms with E-state index in [9.17, 15) is 13.2 Å². The van der Waals surface area contributed by atoms with Gasteiger partial charge in [-0.25, -0.2) is 8.42 Å². The molecule has 8 heteroatoms. The van der Waals surface area contributed by atoms with E-state index in [4.69, 9.17) is 4.74 Å². The second-order valence-corrected chi connectivity index (χ2v) is 9.73. The molecule has 0 saturated carbocycles. The molecule has 25 heavy (non-hydrogen) atoms. The number of hydrogen-bond acceptors (Lipinski definition) is 5. The highest BCUT2D eigenvalue weighted by Crippen LogP contribution is 2.28. The van der Waals surface area contributed by atoms with Crippen molar-refractivity contribution >= 4 is 27.3 Å². The van der Waals surface area contributed by atoms with Gasteiger partial charge in [0.15, 0.2) is 0 Å². The Morgan fingerprint density at radius 2 is 2.04 bits per heavy atom. The van der Waals surface area contributed by atoms with Crippen LogP contribution in [0.15, 0.2) is 21.7 Å². The van der Waals surface area contributed by atoms with E-state index in [1.165, 1.54) is 15.6 Å². The Kier molecular flexibility index (Phi) is 6.14. The van der Waals surface area contributed by atoms with Gasteiger partial charge in [0.25, 0.3) is 10.0 Å². The van der Waals surface area contributed by atoms with Gasteiger partial charge in [0.2, 0.25) is 5.91 Å². The fraction of sp³-hybridized carbons (Fsp3) is 0.706. The number of thiophene rings is 1. The largest absolute Gasteiger partial charge is 0.377 e. The molecule has 0 spiro atoms. The smallest absolute Gasteiger partial charge is 0.252 e. The van der Waals surface area contributed by atoms with Crippen LogP contribution < -0.4 is 0 Å². The number of carbonyl (C=O) groups excluding carboxylic acids is 1. The van der Waals surface area contributed by atoms with Gasteiger partial charge >= 0.3 is 0 Å². The zero-order valence-electron chi connectivity index (χ0n) is 14.6. The molecule has 0 aliphatic carbocycles. The van der Waals surface area contributed by atoms with E-state index in [1.54, 1.807) is 17.5 Å². The second kappa shape index (κ2) is 8.16. The number of rotatable bonds is 5. The van der Waals surface area contributed by atoms with E-state index < -0.39 is 10.0 Å². The minimum atomic E-state index is -3.40. The second-order valence-electron chi connectivity index (χ2n) is 6.61. The van der Waals surface area contributed by atoms with E-state index in [2.05, 4.69) is 0 Å². The van der Waals surface area contributed by atoms with Gasteiger partial charge in [0, 0.05) is 38.7 Å². The summed E-state index contributed by atoms with van der Waals surface area (Å²) in [5, 5.41) is 1.77. The standard InChI is InChI=1S/C17H26N2O4S2/c1-2-23-15-5-3-9-18(13-15)17(20)14-7-10-19(11-8-14)25(21,22)16-6-4-12-24-16/h4,6,12,14-15H,2-3,5,7-11,13H2,1H3. The monoisotopic (exact) mass is 386 g/mol. The number of sulfonamides is 1. The fourth-order valence-corrected chi connectivity index (χ4v) is 6.26. The van der Waals surface area contributed by atoms with Crippen LogP contribution in [0.1, 0.15) is 32.6 Å². The number of likely N-dealkylation sites (tertiary alicyclic amines) is 1. The Morgan fingerprint density at radius 3 is 2.68 bits per heavy atom. The van der Waals surface area contributed by atoms with Crippen LogP contribution in [0.3, 0.4) is 0 Å². The molecule has 2 aliphatic rings. The summed E-state index contributed by atoms with van der Waals surface area (Å²) in [6, 6.07) is 3.39. The maximum absolute atomic E-state index is 12.8. The van der Waals surface area contributed by atoms with Crippen molar-refractivity contribution in [2.75, 3.05) is 32.8 Å². The molecule has 1 amide bonds. The van der Waals surface area contributed by atoms with Gasteiger partial charge in [-0.15, -0.1) is 11.3 Å². The summed E-state index contributed by atoms with van der Waals surface area (Å²) in [6.45, 7) is 4.94. The third-order valence-electron chi connectivity index (χ3n) is 4.98. The molecule has 1 aromatic heterocycles. The van der Waals surface area contributed by atoms with Crippen molar-refractivity contribution in [3.05, 3.63) is 17.5 Å². The molecule has 1 atom stereocenters. The van der Waals surface area contributed by atoms with Crippen LogP contribution in [-0.4, -0.2) is 62.4 Å². The topological polar surface area (TPSA) is 66.9 Å². The zero-order chi connectivity index (χ0) is 17.9. The Bertz CT molecular complexity index is 665. The van der Waals surface area contributed by atoms with Gasteiger partial charge in [-0.3, -0.25) is 4.79 Å². The molecule has 0 aromatic carbocycles. The number of carbonyl (C=O) groups is 1. The van der Waals surface area contributed by atoms with Gasteiger partial charge in [-0.2, -0.15) is 4.31 Å². The first-order valence-electron chi connectivity index (χ1n) is 8.96. The normalized spacial score (nSPS) is 23.7. The summed E-state index contributed by atoms with van der Waals surface area (Å²) in [5.41, 5.74) is 0. The van der Waals surface area contributed by atoms with Crippen molar-refractivity contribution in [3.63, 3.8) is 0 Å². The van der Waals surface area contributed by atoms with E-state index >= 15 is 0 Å². The summed E-state index contributed by atoms with van der Waals surface area (Å²) < 4.78 is 32.7. The lowest BCUT2D eigenvalue weighted by molar-refractivity contribution is -0.140. The minimum Gasteiger partial charge on any atom is -0.377 e. The van der Waals surface area contributed by atoms with Crippen molar-refractivity contribution in [1.29, 1.82) is 0 Å². The van der Waals surface area contributed by atoms with Gasteiger partial charge in [-0.05, 0) is 44.1 Å². The van der Waals surface area contributed by atoms with Crippen LogP contribution in [0.2, 0.25) is 0 Å². The number of amides is 1. The first kappa shape index (κ1) is 18.8. The zero-order valence-corrected chi connectivity index (χ0v) is 16.2. The highest BCUT2D eigenvalue weighted by molar-refractivity contribution is 7.91. The lowest BCUT2D eigenvalue weighted by Crippen LogP contribution is -2.48. The first-order chi connectivity index (χ1) is 12.0. The maximum atomic E-state index is 12.8. The van der Waals surface area contributed by atoms with Crippen LogP contribution in [0, 0.1) is 5.92 Å². The Hall–Kier alpha value is -0.960. The van der Waals surface area contributed by atoms with Crippen molar-refractivity contribution in [2.45, 2.75) is 42.9 Å². The lowest BCUT2D eigenvalue weighted by atomic mass is 9.95. The predicted molar refractivity (Wildman–Crippen MR) is 97.0 cm³/mol. The van der Waals surface area contributed by atoms with Crippen LogP contribution in [0.4, 0.5) is 0 Å². The first-order valence-corrected chi connectivity index (χ1v) is 11.3. The molecule has 1 unspecified atom stereocenters. The summed E-state index contributed by atoms with van der Waals surface area (Å²) in [7, 11) is -3.40. The van der Waals surface area contributed by atoms with E-state index in [0.29, 0.717) is 43.3 Å². The van der Waals surface area contributed by atoms with Crippen LogP contribution in [0.5, 0.6) is 0 Å². The highest BCUT2D eigenvalue weighted by Gasteiger charge is 2.35. The summed E-state index contributed by atoms with van der Waals surface area (Å²) >= 11 is 1.24. The molecular weight excluding hydrogens is 360 g/mol. The van der Waals surface area contributed by atoms with E-state index in [-0.39, 0.29) is 17.9 Å². The number of ether oxygens (including phenoxy) is 1. The Balaban J connectivity index is 1.56. The molecule has 6 nitrogen and oxygen atoms in total. The molecule has 0 radical (unpaired) electrons. The molecule has 0 N–H and O–H groups in total. The van der Waals surface area contributed by atoms with Gasteiger partial charge in [0.1, 0.15) is 4.21 Å².